The Morgan fingerprint density at radius 1 is 1.29 bits per heavy atom. The molecule has 1 atom stereocenters. The van der Waals surface area contributed by atoms with Gasteiger partial charge in [0.25, 0.3) is 0 Å². The van der Waals surface area contributed by atoms with Crippen molar-refractivity contribution in [2.45, 2.75) is 18.8 Å². The van der Waals surface area contributed by atoms with Crippen LogP contribution in [0.15, 0.2) is 48.8 Å². The Hall–Kier alpha value is -2.36. The number of carbonyl (C=O) groups is 1. The van der Waals surface area contributed by atoms with Gasteiger partial charge >= 0.3 is 0 Å². The van der Waals surface area contributed by atoms with Gasteiger partial charge in [-0.05, 0) is 36.1 Å². The average Bonchev–Trinajstić information content (AvgIpc) is 2.55. The quantitative estimate of drug-likeness (QED) is 0.904. The first kappa shape index (κ1) is 13.6. The van der Waals surface area contributed by atoms with Crippen molar-refractivity contribution in [2.24, 2.45) is 0 Å². The molecule has 2 N–H and O–H groups in total. The van der Waals surface area contributed by atoms with Crippen LogP contribution in [0.4, 0.5) is 5.69 Å². The van der Waals surface area contributed by atoms with Crippen LogP contribution in [-0.4, -0.2) is 24.0 Å². The minimum Gasteiger partial charge on any atom is -0.385 e. The number of nitrogens with one attached hydrogen (secondary N) is 2. The number of para-hydroxylation sites is 1. The van der Waals surface area contributed by atoms with Crippen LogP contribution in [0, 0.1) is 0 Å². The zero-order chi connectivity index (χ0) is 14.5. The molecule has 4 heteroatoms. The molecule has 0 fully saturated rings. The van der Waals surface area contributed by atoms with Crippen LogP contribution in [0.5, 0.6) is 0 Å². The van der Waals surface area contributed by atoms with E-state index >= 15 is 0 Å². The first-order valence-electron chi connectivity index (χ1n) is 7.34. The minimum absolute atomic E-state index is 0.0450. The van der Waals surface area contributed by atoms with E-state index in [0.717, 1.165) is 36.2 Å². The highest BCUT2D eigenvalue weighted by Gasteiger charge is 2.25. The number of aromatic nitrogens is 1. The van der Waals surface area contributed by atoms with Gasteiger partial charge in [0.1, 0.15) is 0 Å². The smallest absolute Gasteiger partial charge is 0.227 e. The number of fused-ring (bicyclic) bond motifs is 1. The summed E-state index contributed by atoms with van der Waals surface area (Å²) in [4.78, 5) is 16.5. The Balaban J connectivity index is 1.59. The molecular formula is C17H19N3O. The summed E-state index contributed by atoms with van der Waals surface area (Å²) in [5, 5.41) is 6.39. The molecule has 3 rings (SSSR count). The second kappa shape index (κ2) is 6.39. The fourth-order valence-electron chi connectivity index (χ4n) is 2.74. The molecular weight excluding hydrogens is 262 g/mol. The van der Waals surface area contributed by atoms with Crippen molar-refractivity contribution in [3.63, 3.8) is 0 Å². The zero-order valence-electron chi connectivity index (χ0n) is 11.9. The molecule has 108 valence electrons. The van der Waals surface area contributed by atoms with Crippen LogP contribution >= 0.6 is 0 Å². The van der Waals surface area contributed by atoms with Crippen LogP contribution < -0.4 is 10.6 Å². The summed E-state index contributed by atoms with van der Waals surface area (Å²) >= 11 is 0. The van der Waals surface area contributed by atoms with Crippen LogP contribution in [0.25, 0.3) is 0 Å². The van der Waals surface area contributed by atoms with Gasteiger partial charge in [0.05, 0.1) is 5.92 Å². The Labute approximate surface area is 124 Å². The first-order valence-corrected chi connectivity index (χ1v) is 7.34. The van der Waals surface area contributed by atoms with Crippen molar-refractivity contribution in [3.05, 3.63) is 59.9 Å². The van der Waals surface area contributed by atoms with Gasteiger partial charge in [-0.25, -0.2) is 0 Å². The maximum absolute atomic E-state index is 12.4. The minimum atomic E-state index is -0.0450. The third kappa shape index (κ3) is 3.21. The Bertz CT molecular complexity index is 612. The summed E-state index contributed by atoms with van der Waals surface area (Å²) in [5.41, 5.74) is 3.32. The molecule has 2 aromatic rings. The second-order valence-corrected chi connectivity index (χ2v) is 5.26. The van der Waals surface area contributed by atoms with Gasteiger partial charge < -0.3 is 10.6 Å². The van der Waals surface area contributed by atoms with E-state index < -0.39 is 0 Å². The number of rotatable bonds is 4. The lowest BCUT2D eigenvalue weighted by Crippen LogP contribution is -2.34. The summed E-state index contributed by atoms with van der Waals surface area (Å²) in [5.74, 6) is 0.0733. The number of amides is 1. The number of carbonyl (C=O) groups excluding carboxylic acids is 1. The van der Waals surface area contributed by atoms with Gasteiger partial charge in [0, 0.05) is 31.2 Å². The Kier molecular flexibility index (Phi) is 4.15. The van der Waals surface area contributed by atoms with E-state index in [-0.39, 0.29) is 11.8 Å². The topological polar surface area (TPSA) is 54.0 Å². The van der Waals surface area contributed by atoms with E-state index in [0.29, 0.717) is 6.54 Å². The molecule has 0 aliphatic carbocycles. The van der Waals surface area contributed by atoms with Gasteiger partial charge in [-0.3, -0.25) is 9.78 Å². The molecule has 1 aliphatic rings. The number of pyridine rings is 1. The van der Waals surface area contributed by atoms with Crippen molar-refractivity contribution in [1.29, 1.82) is 0 Å². The number of hydrogen-bond donors (Lipinski definition) is 2. The molecule has 2 heterocycles. The van der Waals surface area contributed by atoms with Crippen LogP contribution in [-0.2, 0) is 11.2 Å². The standard InChI is InChI=1S/C17H19N3O/c21-17(20-10-7-13-4-3-9-18-12-13)15-8-11-19-16-6-2-1-5-14(15)16/h1-6,9,12,15,19H,7-8,10-11H2,(H,20,21). The van der Waals surface area contributed by atoms with Gasteiger partial charge in [-0.15, -0.1) is 0 Å². The van der Waals surface area contributed by atoms with E-state index in [1.54, 1.807) is 6.20 Å². The summed E-state index contributed by atoms with van der Waals surface area (Å²) < 4.78 is 0. The molecule has 1 unspecified atom stereocenters. The van der Waals surface area contributed by atoms with Crippen molar-refractivity contribution in [2.75, 3.05) is 18.4 Å². The molecule has 0 radical (unpaired) electrons. The summed E-state index contributed by atoms with van der Waals surface area (Å²) in [6.45, 7) is 1.49. The normalized spacial score (nSPS) is 16.7. The molecule has 0 spiro atoms. The van der Waals surface area contributed by atoms with Gasteiger partial charge in [0.15, 0.2) is 0 Å². The molecule has 0 bridgehead atoms. The van der Waals surface area contributed by atoms with Gasteiger partial charge in [0.2, 0.25) is 5.91 Å². The third-order valence-electron chi connectivity index (χ3n) is 3.84. The highest BCUT2D eigenvalue weighted by molar-refractivity contribution is 5.86. The monoisotopic (exact) mass is 281 g/mol. The maximum Gasteiger partial charge on any atom is 0.227 e. The van der Waals surface area contributed by atoms with E-state index in [2.05, 4.69) is 15.6 Å². The van der Waals surface area contributed by atoms with Crippen LogP contribution in [0.1, 0.15) is 23.5 Å². The Morgan fingerprint density at radius 2 is 2.19 bits per heavy atom. The molecule has 1 aliphatic heterocycles. The number of benzene rings is 1. The average molecular weight is 281 g/mol. The van der Waals surface area contributed by atoms with E-state index in [4.69, 9.17) is 0 Å². The molecule has 4 nitrogen and oxygen atoms in total. The molecule has 1 amide bonds. The largest absolute Gasteiger partial charge is 0.385 e. The number of nitrogens with zero attached hydrogens (tertiary/aromatic N) is 1. The summed E-state index contributed by atoms with van der Waals surface area (Å²) in [6, 6.07) is 12.0. The lowest BCUT2D eigenvalue weighted by molar-refractivity contribution is -0.122. The number of anilines is 1. The highest BCUT2D eigenvalue weighted by Crippen LogP contribution is 2.31. The van der Waals surface area contributed by atoms with Crippen molar-refractivity contribution in [3.8, 4) is 0 Å². The molecule has 21 heavy (non-hydrogen) atoms. The third-order valence-corrected chi connectivity index (χ3v) is 3.84. The van der Waals surface area contributed by atoms with E-state index in [1.807, 2.05) is 42.6 Å². The Morgan fingerprint density at radius 3 is 3.05 bits per heavy atom. The van der Waals surface area contributed by atoms with E-state index in [1.165, 1.54) is 0 Å². The highest BCUT2D eigenvalue weighted by atomic mass is 16.1. The number of hydrogen-bond acceptors (Lipinski definition) is 3. The van der Waals surface area contributed by atoms with Crippen LogP contribution in [0.2, 0.25) is 0 Å². The first-order chi connectivity index (χ1) is 10.3. The fourth-order valence-corrected chi connectivity index (χ4v) is 2.74. The van der Waals surface area contributed by atoms with Crippen molar-refractivity contribution >= 4 is 11.6 Å². The molecule has 1 aromatic heterocycles. The summed E-state index contributed by atoms with van der Waals surface area (Å²) in [7, 11) is 0. The van der Waals surface area contributed by atoms with Gasteiger partial charge in [-0.2, -0.15) is 0 Å². The van der Waals surface area contributed by atoms with E-state index in [9.17, 15) is 4.79 Å². The molecule has 0 saturated heterocycles. The maximum atomic E-state index is 12.4. The van der Waals surface area contributed by atoms with Crippen LogP contribution in [0.3, 0.4) is 0 Å². The van der Waals surface area contributed by atoms with Crippen molar-refractivity contribution < 1.29 is 4.79 Å². The predicted octanol–water partition coefficient (Wildman–Crippen LogP) is 2.34. The van der Waals surface area contributed by atoms with Crippen molar-refractivity contribution in [1.82, 2.24) is 10.3 Å². The second-order valence-electron chi connectivity index (χ2n) is 5.26. The predicted molar refractivity (Wildman–Crippen MR) is 83.2 cm³/mol. The summed E-state index contributed by atoms with van der Waals surface area (Å²) in [6.07, 6.45) is 5.25. The lowest BCUT2D eigenvalue weighted by Gasteiger charge is -2.25. The fraction of sp³-hybridized carbons (Fsp3) is 0.294. The zero-order valence-corrected chi connectivity index (χ0v) is 11.9. The lowest BCUT2D eigenvalue weighted by atomic mass is 9.90. The molecule has 1 aromatic carbocycles. The SMILES string of the molecule is O=C(NCCc1cccnc1)C1CCNc2ccccc21. The van der Waals surface area contributed by atoms with Gasteiger partial charge in [-0.1, -0.05) is 24.3 Å². The molecule has 0 saturated carbocycles.